The number of benzene rings is 1. The highest BCUT2D eigenvalue weighted by atomic mass is 19.2. The zero-order valence-corrected chi connectivity index (χ0v) is 13.8. The Hall–Kier alpha value is -2.78. The van der Waals surface area contributed by atoms with E-state index in [2.05, 4.69) is 0 Å². The summed E-state index contributed by atoms with van der Waals surface area (Å²) in [5.74, 6) is -4.30. The number of alkyl halides is 1. The largest absolute Gasteiger partial charge is 0.453 e. The standard InChI is InChI=1S/C17H17FN2O6/c1-10-13(25-15(23)11-5-3-2-4-6-11)14(26-17(10,18)9-21)20-8-7-12(22)19-16(20)24/h2-8,10,13-14,21H,9H2,1H3,(H,19,22,24)/t10-,13+,14+,17+/m0/s1. The quantitative estimate of drug-likeness (QED) is 0.768. The molecule has 1 aliphatic heterocycles. The number of rotatable bonds is 4. The highest BCUT2D eigenvalue weighted by molar-refractivity contribution is 5.89. The van der Waals surface area contributed by atoms with Crippen LogP contribution in [0, 0.1) is 5.92 Å². The molecule has 2 N–H and O–H groups in total. The van der Waals surface area contributed by atoms with Gasteiger partial charge < -0.3 is 14.6 Å². The molecule has 0 saturated carbocycles. The first-order valence-electron chi connectivity index (χ1n) is 7.91. The van der Waals surface area contributed by atoms with Crippen LogP contribution in [0.25, 0.3) is 0 Å². The second kappa shape index (κ2) is 6.85. The van der Waals surface area contributed by atoms with Crippen LogP contribution in [0.2, 0.25) is 0 Å². The number of nitrogens with zero attached hydrogens (tertiary/aromatic N) is 1. The third-order valence-electron chi connectivity index (χ3n) is 4.36. The van der Waals surface area contributed by atoms with Crippen molar-refractivity contribution >= 4 is 5.97 Å². The van der Waals surface area contributed by atoms with E-state index < -0.39 is 47.9 Å². The zero-order chi connectivity index (χ0) is 18.9. The van der Waals surface area contributed by atoms with E-state index in [1.165, 1.54) is 19.1 Å². The molecule has 9 heteroatoms. The van der Waals surface area contributed by atoms with Gasteiger partial charge in [-0.3, -0.25) is 14.3 Å². The number of hydrogen-bond donors (Lipinski definition) is 2. The van der Waals surface area contributed by atoms with E-state index in [0.29, 0.717) is 0 Å². The first-order chi connectivity index (χ1) is 12.4. The molecular weight excluding hydrogens is 347 g/mol. The van der Waals surface area contributed by atoms with Crippen molar-refractivity contribution in [2.75, 3.05) is 6.61 Å². The van der Waals surface area contributed by atoms with E-state index in [1.54, 1.807) is 18.2 Å². The lowest BCUT2D eigenvalue weighted by molar-refractivity contribution is -0.192. The molecule has 0 amide bonds. The summed E-state index contributed by atoms with van der Waals surface area (Å²) in [4.78, 5) is 37.7. The van der Waals surface area contributed by atoms with Gasteiger partial charge in [0.1, 0.15) is 6.61 Å². The Bertz CT molecular complexity index is 911. The normalized spacial score (nSPS) is 28.0. The number of nitrogens with one attached hydrogen (secondary N) is 1. The van der Waals surface area contributed by atoms with Gasteiger partial charge in [0, 0.05) is 12.3 Å². The molecule has 3 rings (SSSR count). The van der Waals surface area contributed by atoms with Crippen molar-refractivity contribution < 1.29 is 23.8 Å². The first-order valence-corrected chi connectivity index (χ1v) is 7.91. The summed E-state index contributed by atoms with van der Waals surface area (Å²) in [7, 11) is 0. The molecule has 0 unspecified atom stereocenters. The third-order valence-corrected chi connectivity index (χ3v) is 4.36. The summed E-state index contributed by atoms with van der Waals surface area (Å²) in [5.41, 5.74) is -1.24. The van der Waals surface area contributed by atoms with Crippen LogP contribution in [0.3, 0.4) is 0 Å². The number of aliphatic hydroxyl groups is 1. The lowest BCUT2D eigenvalue weighted by Gasteiger charge is -2.22. The summed E-state index contributed by atoms with van der Waals surface area (Å²) in [6.45, 7) is 0.415. The van der Waals surface area contributed by atoms with E-state index in [9.17, 15) is 23.9 Å². The van der Waals surface area contributed by atoms with E-state index in [1.807, 2.05) is 4.98 Å². The maximum absolute atomic E-state index is 14.8. The number of hydrogen-bond acceptors (Lipinski definition) is 6. The fourth-order valence-electron chi connectivity index (χ4n) is 2.82. The Kier molecular flexibility index (Phi) is 4.75. The number of esters is 1. The van der Waals surface area contributed by atoms with Gasteiger partial charge in [-0.2, -0.15) is 0 Å². The van der Waals surface area contributed by atoms with Crippen LogP contribution in [0.4, 0.5) is 4.39 Å². The molecule has 0 bridgehead atoms. The number of carbonyl (C=O) groups excluding carboxylic acids is 1. The summed E-state index contributed by atoms with van der Waals surface area (Å²) in [6.07, 6.45) is -1.44. The Morgan fingerprint density at radius 1 is 1.35 bits per heavy atom. The third kappa shape index (κ3) is 3.18. The van der Waals surface area contributed by atoms with Crippen molar-refractivity contribution in [3.05, 3.63) is 69.0 Å². The van der Waals surface area contributed by atoms with E-state index >= 15 is 0 Å². The molecule has 1 saturated heterocycles. The molecule has 1 aliphatic rings. The van der Waals surface area contributed by atoms with E-state index in [-0.39, 0.29) is 5.56 Å². The minimum absolute atomic E-state index is 0.243. The van der Waals surface area contributed by atoms with Gasteiger partial charge >= 0.3 is 11.7 Å². The maximum Gasteiger partial charge on any atom is 0.338 e. The topological polar surface area (TPSA) is 111 Å². The Morgan fingerprint density at radius 3 is 2.65 bits per heavy atom. The Labute approximate surface area is 146 Å². The van der Waals surface area contributed by atoms with Crippen molar-refractivity contribution in [2.24, 2.45) is 5.92 Å². The fraction of sp³-hybridized carbons (Fsp3) is 0.353. The van der Waals surface area contributed by atoms with Gasteiger partial charge in [0.05, 0.1) is 11.5 Å². The average molecular weight is 364 g/mol. The van der Waals surface area contributed by atoms with Gasteiger partial charge in [0.15, 0.2) is 12.3 Å². The fourth-order valence-corrected chi connectivity index (χ4v) is 2.82. The molecule has 26 heavy (non-hydrogen) atoms. The summed E-state index contributed by atoms with van der Waals surface area (Å²) < 4.78 is 26.4. The van der Waals surface area contributed by atoms with Crippen LogP contribution < -0.4 is 11.2 Å². The number of aromatic nitrogens is 2. The van der Waals surface area contributed by atoms with Crippen LogP contribution in [0.1, 0.15) is 23.5 Å². The van der Waals surface area contributed by atoms with Crippen molar-refractivity contribution in [3.8, 4) is 0 Å². The molecule has 2 heterocycles. The Balaban J connectivity index is 1.97. The van der Waals surface area contributed by atoms with Crippen molar-refractivity contribution in [1.82, 2.24) is 9.55 Å². The molecule has 0 aliphatic carbocycles. The molecule has 1 aromatic heterocycles. The lowest BCUT2D eigenvalue weighted by Crippen LogP contribution is -2.38. The van der Waals surface area contributed by atoms with Crippen LogP contribution in [0.5, 0.6) is 0 Å². The predicted molar refractivity (Wildman–Crippen MR) is 87.2 cm³/mol. The van der Waals surface area contributed by atoms with Gasteiger partial charge in [0.2, 0.25) is 5.85 Å². The molecule has 8 nitrogen and oxygen atoms in total. The van der Waals surface area contributed by atoms with Gasteiger partial charge in [-0.1, -0.05) is 25.1 Å². The summed E-state index contributed by atoms with van der Waals surface area (Å²) in [5, 5.41) is 9.36. The van der Waals surface area contributed by atoms with Gasteiger partial charge in [-0.05, 0) is 12.1 Å². The molecule has 1 fully saturated rings. The minimum atomic E-state index is -2.51. The molecule has 138 valence electrons. The SMILES string of the molecule is C[C@H]1[C@@H](OC(=O)c2ccccc2)[C@H](n2ccc(=O)[nH]c2=O)O[C@]1(F)CO. The van der Waals surface area contributed by atoms with Crippen LogP contribution >= 0.6 is 0 Å². The van der Waals surface area contributed by atoms with Crippen LogP contribution in [-0.2, 0) is 9.47 Å². The Morgan fingerprint density at radius 2 is 2.04 bits per heavy atom. The van der Waals surface area contributed by atoms with E-state index in [0.717, 1.165) is 16.8 Å². The van der Waals surface area contributed by atoms with Crippen molar-refractivity contribution in [1.29, 1.82) is 0 Å². The molecule has 0 radical (unpaired) electrons. The molecule has 2 aromatic rings. The van der Waals surface area contributed by atoms with E-state index in [4.69, 9.17) is 9.47 Å². The van der Waals surface area contributed by atoms with Crippen LogP contribution in [-0.4, -0.2) is 39.2 Å². The molecule has 4 atom stereocenters. The number of ether oxygens (including phenoxy) is 2. The van der Waals surface area contributed by atoms with Crippen molar-refractivity contribution in [3.63, 3.8) is 0 Å². The summed E-state index contributed by atoms with van der Waals surface area (Å²) >= 11 is 0. The lowest BCUT2D eigenvalue weighted by atomic mass is 9.98. The maximum atomic E-state index is 14.8. The number of H-pyrrole nitrogens is 1. The van der Waals surface area contributed by atoms with Crippen LogP contribution in [0.15, 0.2) is 52.2 Å². The second-order valence-corrected chi connectivity index (χ2v) is 5.99. The number of aliphatic hydroxyl groups excluding tert-OH is 1. The zero-order valence-electron chi connectivity index (χ0n) is 13.8. The molecule has 0 spiro atoms. The monoisotopic (exact) mass is 364 g/mol. The average Bonchev–Trinajstić information content (AvgIpc) is 2.88. The van der Waals surface area contributed by atoms with Gasteiger partial charge in [-0.25, -0.2) is 14.0 Å². The molecule has 1 aromatic carbocycles. The van der Waals surface area contributed by atoms with Gasteiger partial charge in [0.25, 0.3) is 5.56 Å². The molecular formula is C17H17FN2O6. The first kappa shape index (κ1) is 18.0. The highest BCUT2D eigenvalue weighted by Crippen LogP contribution is 2.43. The summed E-state index contributed by atoms with van der Waals surface area (Å²) in [6, 6.07) is 9.11. The second-order valence-electron chi connectivity index (χ2n) is 5.99. The van der Waals surface area contributed by atoms with Crippen molar-refractivity contribution in [2.45, 2.75) is 25.1 Å². The number of halogens is 1. The smallest absolute Gasteiger partial charge is 0.338 e. The minimum Gasteiger partial charge on any atom is -0.453 e. The number of carbonyl (C=O) groups is 1. The number of aromatic amines is 1. The predicted octanol–water partition coefficient (Wildman–Crippen LogP) is 0.585. The van der Waals surface area contributed by atoms with Gasteiger partial charge in [-0.15, -0.1) is 0 Å². The highest BCUT2D eigenvalue weighted by Gasteiger charge is 2.56.